The van der Waals surface area contributed by atoms with Gasteiger partial charge in [-0.3, -0.25) is 0 Å². The predicted octanol–water partition coefficient (Wildman–Crippen LogP) is 2.51. The highest BCUT2D eigenvalue weighted by molar-refractivity contribution is 4.52. The van der Waals surface area contributed by atoms with E-state index in [1.165, 1.54) is 44.9 Å². The van der Waals surface area contributed by atoms with Crippen LogP contribution < -0.4 is 0 Å². The summed E-state index contributed by atoms with van der Waals surface area (Å²) in [6.45, 7) is 3.77. The zero-order chi connectivity index (χ0) is 14.2. The van der Waals surface area contributed by atoms with Crippen LogP contribution in [0, 0.1) is 0 Å². The number of hydrogen-bond donors (Lipinski definition) is 2. The molecule has 0 aliphatic carbocycles. The van der Waals surface area contributed by atoms with Gasteiger partial charge in [-0.05, 0) is 6.42 Å². The molecule has 19 heavy (non-hydrogen) atoms. The quantitative estimate of drug-likeness (QED) is 0.451. The van der Waals surface area contributed by atoms with E-state index >= 15 is 0 Å². The third-order valence-electron chi connectivity index (χ3n) is 3.00. The lowest BCUT2D eigenvalue weighted by molar-refractivity contribution is -0.0256. The van der Waals surface area contributed by atoms with Gasteiger partial charge in [0.25, 0.3) is 0 Å². The number of hydrogen-bond acceptors (Lipinski definition) is 4. The fourth-order valence-electron chi connectivity index (χ4n) is 1.89. The first-order valence-corrected chi connectivity index (χ1v) is 7.75. The smallest absolute Gasteiger partial charge is 0.101 e. The monoisotopic (exact) mass is 276 g/mol. The molecule has 4 nitrogen and oxygen atoms in total. The van der Waals surface area contributed by atoms with Crippen LogP contribution in [0.25, 0.3) is 0 Å². The summed E-state index contributed by atoms with van der Waals surface area (Å²) in [6.07, 6.45) is 9.70. The second kappa shape index (κ2) is 15.9. The first-order valence-electron chi connectivity index (χ1n) is 7.75. The molecule has 1 unspecified atom stereocenters. The van der Waals surface area contributed by atoms with E-state index in [4.69, 9.17) is 14.6 Å². The van der Waals surface area contributed by atoms with E-state index in [-0.39, 0.29) is 19.8 Å². The average molecular weight is 276 g/mol. The minimum atomic E-state index is -0.583. The van der Waals surface area contributed by atoms with Crippen LogP contribution in [0.1, 0.15) is 58.3 Å². The summed E-state index contributed by atoms with van der Waals surface area (Å²) in [5.41, 5.74) is 0. The summed E-state index contributed by atoms with van der Waals surface area (Å²) in [5.74, 6) is 0. The van der Waals surface area contributed by atoms with Gasteiger partial charge in [0.2, 0.25) is 0 Å². The van der Waals surface area contributed by atoms with Crippen LogP contribution in [0.3, 0.4) is 0 Å². The Morgan fingerprint density at radius 3 is 1.89 bits per heavy atom. The lowest BCUT2D eigenvalue weighted by Crippen LogP contribution is -2.22. The van der Waals surface area contributed by atoms with Gasteiger partial charge in [0.05, 0.1) is 26.4 Å². The van der Waals surface area contributed by atoms with E-state index in [0.717, 1.165) is 6.42 Å². The summed E-state index contributed by atoms with van der Waals surface area (Å²) in [7, 11) is 0. The normalized spacial score (nSPS) is 12.8. The Labute approximate surface area is 118 Å². The Hall–Kier alpha value is -0.160. The Morgan fingerprint density at radius 1 is 0.789 bits per heavy atom. The fraction of sp³-hybridized carbons (Fsp3) is 1.00. The lowest BCUT2D eigenvalue weighted by Gasteiger charge is -2.11. The van der Waals surface area contributed by atoms with Crippen LogP contribution in [-0.2, 0) is 9.47 Å². The molecule has 0 heterocycles. The molecule has 0 amide bonds. The molecule has 0 saturated carbocycles. The molecule has 0 spiro atoms. The molecule has 0 aromatic carbocycles. The molecule has 0 saturated heterocycles. The van der Waals surface area contributed by atoms with Crippen molar-refractivity contribution in [1.82, 2.24) is 0 Å². The van der Waals surface area contributed by atoms with Crippen LogP contribution >= 0.6 is 0 Å². The van der Waals surface area contributed by atoms with Crippen molar-refractivity contribution in [2.75, 3.05) is 33.0 Å². The molecule has 0 radical (unpaired) electrons. The summed E-state index contributed by atoms with van der Waals surface area (Å²) in [4.78, 5) is 0. The Morgan fingerprint density at radius 2 is 1.32 bits per heavy atom. The van der Waals surface area contributed by atoms with Gasteiger partial charge in [0, 0.05) is 6.61 Å². The maximum atomic E-state index is 9.47. The van der Waals surface area contributed by atoms with E-state index in [1.807, 2.05) is 0 Å². The van der Waals surface area contributed by atoms with Crippen LogP contribution in [0.2, 0.25) is 0 Å². The van der Waals surface area contributed by atoms with Crippen molar-refractivity contribution in [2.24, 2.45) is 0 Å². The molecular formula is C15H32O4. The minimum Gasteiger partial charge on any atom is -0.394 e. The van der Waals surface area contributed by atoms with Gasteiger partial charge in [-0.15, -0.1) is 0 Å². The second-order valence-electron chi connectivity index (χ2n) is 5.00. The van der Waals surface area contributed by atoms with Crippen LogP contribution in [-0.4, -0.2) is 49.4 Å². The van der Waals surface area contributed by atoms with Gasteiger partial charge in [-0.25, -0.2) is 0 Å². The third kappa shape index (κ3) is 15.8. The van der Waals surface area contributed by atoms with Crippen LogP contribution in [0.5, 0.6) is 0 Å². The number of aliphatic hydroxyl groups excluding tert-OH is 2. The maximum absolute atomic E-state index is 9.47. The van der Waals surface area contributed by atoms with Crippen molar-refractivity contribution < 1.29 is 19.7 Å². The Kier molecular flexibility index (Phi) is 15.8. The zero-order valence-corrected chi connectivity index (χ0v) is 12.5. The third-order valence-corrected chi connectivity index (χ3v) is 3.00. The van der Waals surface area contributed by atoms with Gasteiger partial charge >= 0.3 is 0 Å². The van der Waals surface area contributed by atoms with Gasteiger partial charge in [0.1, 0.15) is 6.10 Å². The molecule has 2 N–H and O–H groups in total. The van der Waals surface area contributed by atoms with E-state index < -0.39 is 6.10 Å². The first-order chi connectivity index (χ1) is 9.31. The van der Waals surface area contributed by atoms with Gasteiger partial charge in [-0.1, -0.05) is 51.9 Å². The van der Waals surface area contributed by atoms with Crippen molar-refractivity contribution in [2.45, 2.75) is 64.4 Å². The highest BCUT2D eigenvalue weighted by Gasteiger charge is 2.03. The largest absolute Gasteiger partial charge is 0.394 e. The Balaban J connectivity index is 3.05. The summed E-state index contributed by atoms with van der Waals surface area (Å²) in [5, 5.41) is 18.0. The number of rotatable bonds is 15. The van der Waals surface area contributed by atoms with Gasteiger partial charge in [-0.2, -0.15) is 0 Å². The van der Waals surface area contributed by atoms with E-state index in [2.05, 4.69) is 6.92 Å². The average Bonchev–Trinajstić information content (AvgIpc) is 2.41. The van der Waals surface area contributed by atoms with Crippen LogP contribution in [0.15, 0.2) is 0 Å². The SMILES string of the molecule is CCCCCCCCCCOCC(O)COCCO. The lowest BCUT2D eigenvalue weighted by atomic mass is 10.1. The first kappa shape index (κ1) is 18.8. The molecule has 0 aliphatic rings. The molecule has 0 bridgehead atoms. The maximum Gasteiger partial charge on any atom is 0.101 e. The summed E-state index contributed by atoms with van der Waals surface area (Å²) < 4.78 is 10.4. The van der Waals surface area contributed by atoms with Crippen molar-refractivity contribution in [3.05, 3.63) is 0 Å². The fourth-order valence-corrected chi connectivity index (χ4v) is 1.89. The summed E-state index contributed by atoms with van der Waals surface area (Å²) >= 11 is 0. The number of unbranched alkanes of at least 4 members (excludes halogenated alkanes) is 7. The molecule has 0 aromatic heterocycles. The molecule has 1 atom stereocenters. The highest BCUT2D eigenvalue weighted by Crippen LogP contribution is 2.08. The van der Waals surface area contributed by atoms with Gasteiger partial charge in [0.15, 0.2) is 0 Å². The molecule has 0 aromatic rings. The number of aliphatic hydroxyl groups is 2. The van der Waals surface area contributed by atoms with Crippen molar-refractivity contribution >= 4 is 0 Å². The molecule has 116 valence electrons. The summed E-state index contributed by atoms with van der Waals surface area (Å²) in [6, 6.07) is 0. The number of ether oxygens (including phenoxy) is 2. The minimum absolute atomic E-state index is 0.00810. The standard InChI is InChI=1S/C15H32O4/c1-2-3-4-5-6-7-8-9-11-18-13-15(17)14-19-12-10-16/h15-17H,2-14H2,1H3. The van der Waals surface area contributed by atoms with E-state index in [1.54, 1.807) is 0 Å². The van der Waals surface area contributed by atoms with Gasteiger partial charge < -0.3 is 19.7 Å². The van der Waals surface area contributed by atoms with E-state index in [9.17, 15) is 5.11 Å². The predicted molar refractivity (Wildman–Crippen MR) is 77.3 cm³/mol. The molecule has 0 fully saturated rings. The molecule has 0 rings (SSSR count). The highest BCUT2D eigenvalue weighted by atomic mass is 16.5. The molecule has 0 aliphatic heterocycles. The van der Waals surface area contributed by atoms with Crippen LogP contribution in [0.4, 0.5) is 0 Å². The van der Waals surface area contributed by atoms with Crippen molar-refractivity contribution in [1.29, 1.82) is 0 Å². The Bertz CT molecular complexity index is 164. The second-order valence-corrected chi connectivity index (χ2v) is 5.00. The molecular weight excluding hydrogens is 244 g/mol. The topological polar surface area (TPSA) is 58.9 Å². The van der Waals surface area contributed by atoms with Crippen molar-refractivity contribution in [3.63, 3.8) is 0 Å². The zero-order valence-electron chi connectivity index (χ0n) is 12.5. The van der Waals surface area contributed by atoms with E-state index in [0.29, 0.717) is 13.2 Å². The molecule has 4 heteroatoms. The van der Waals surface area contributed by atoms with Crippen molar-refractivity contribution in [3.8, 4) is 0 Å².